The fourth-order valence-corrected chi connectivity index (χ4v) is 3.72. The van der Waals surface area contributed by atoms with Crippen LogP contribution in [0.25, 0.3) is 0 Å². The lowest BCUT2D eigenvalue weighted by Gasteiger charge is -2.23. The highest BCUT2D eigenvalue weighted by Crippen LogP contribution is 2.20. The molecule has 1 unspecified atom stereocenters. The van der Waals surface area contributed by atoms with Crippen molar-refractivity contribution in [3.63, 3.8) is 0 Å². The predicted molar refractivity (Wildman–Crippen MR) is 81.4 cm³/mol. The topological polar surface area (TPSA) is 58.2 Å². The van der Waals surface area contributed by atoms with Crippen LogP contribution in [0.4, 0.5) is 0 Å². The Morgan fingerprint density at radius 1 is 1.35 bits per heavy atom. The second-order valence-electron chi connectivity index (χ2n) is 5.54. The maximum atomic E-state index is 12.3. The molecule has 1 saturated heterocycles. The normalized spacial score (nSPS) is 21.6. The van der Waals surface area contributed by atoms with E-state index < -0.39 is 10.0 Å². The summed E-state index contributed by atoms with van der Waals surface area (Å²) in [5, 5.41) is 3.21. The van der Waals surface area contributed by atoms with Crippen LogP contribution >= 0.6 is 0 Å². The number of hydrogen-bond acceptors (Lipinski definition) is 3. The minimum absolute atomic E-state index is 0.00277. The lowest BCUT2D eigenvalue weighted by atomic mass is 9.99. The average molecular weight is 296 g/mol. The molecule has 2 N–H and O–H groups in total. The first-order valence-corrected chi connectivity index (χ1v) is 8.84. The third-order valence-corrected chi connectivity index (χ3v) is 5.53. The third-order valence-electron chi connectivity index (χ3n) is 3.99. The van der Waals surface area contributed by atoms with Gasteiger partial charge in [-0.25, -0.2) is 13.1 Å². The molecule has 1 aliphatic heterocycles. The second-order valence-corrected chi connectivity index (χ2v) is 7.26. The molecule has 112 valence electrons. The van der Waals surface area contributed by atoms with E-state index in [1.54, 1.807) is 12.1 Å². The number of sulfonamides is 1. The third kappa shape index (κ3) is 3.81. The Hall–Kier alpha value is -0.910. The van der Waals surface area contributed by atoms with Gasteiger partial charge in [0.2, 0.25) is 10.0 Å². The SMILES string of the molecule is CCC(C)c1ccc(S(=O)(=O)N[C@H]2CCCNC2)cc1. The van der Waals surface area contributed by atoms with Crippen molar-refractivity contribution in [2.45, 2.75) is 50.0 Å². The van der Waals surface area contributed by atoms with E-state index in [-0.39, 0.29) is 6.04 Å². The Balaban J connectivity index is 2.08. The smallest absolute Gasteiger partial charge is 0.240 e. The van der Waals surface area contributed by atoms with Crippen LogP contribution < -0.4 is 10.0 Å². The van der Waals surface area contributed by atoms with E-state index >= 15 is 0 Å². The van der Waals surface area contributed by atoms with E-state index in [4.69, 9.17) is 0 Å². The summed E-state index contributed by atoms with van der Waals surface area (Å²) >= 11 is 0. The maximum Gasteiger partial charge on any atom is 0.240 e. The van der Waals surface area contributed by atoms with E-state index in [2.05, 4.69) is 23.9 Å². The zero-order chi connectivity index (χ0) is 14.6. The number of hydrogen-bond donors (Lipinski definition) is 2. The first-order valence-electron chi connectivity index (χ1n) is 7.36. The minimum atomic E-state index is -3.40. The van der Waals surface area contributed by atoms with Gasteiger partial charge in [-0.3, -0.25) is 0 Å². The molecule has 1 heterocycles. The Labute approximate surface area is 122 Å². The van der Waals surface area contributed by atoms with Gasteiger partial charge in [0, 0.05) is 12.6 Å². The van der Waals surface area contributed by atoms with Crippen LogP contribution in [0.2, 0.25) is 0 Å². The van der Waals surface area contributed by atoms with E-state index in [1.807, 2.05) is 12.1 Å². The number of rotatable bonds is 5. The summed E-state index contributed by atoms with van der Waals surface area (Å²) in [4.78, 5) is 0.357. The van der Waals surface area contributed by atoms with Gasteiger partial charge in [-0.15, -0.1) is 0 Å². The largest absolute Gasteiger partial charge is 0.315 e. The zero-order valence-corrected chi connectivity index (χ0v) is 13.0. The summed E-state index contributed by atoms with van der Waals surface area (Å²) in [6, 6.07) is 7.26. The van der Waals surface area contributed by atoms with Crippen LogP contribution in [0, 0.1) is 0 Å². The fraction of sp³-hybridized carbons (Fsp3) is 0.600. The first-order chi connectivity index (χ1) is 9.53. The molecule has 2 atom stereocenters. The monoisotopic (exact) mass is 296 g/mol. The van der Waals surface area contributed by atoms with Gasteiger partial charge in [0.15, 0.2) is 0 Å². The Morgan fingerprint density at radius 2 is 2.05 bits per heavy atom. The molecule has 0 saturated carbocycles. The van der Waals surface area contributed by atoms with Gasteiger partial charge in [0.25, 0.3) is 0 Å². The van der Waals surface area contributed by atoms with Gasteiger partial charge in [0.05, 0.1) is 4.90 Å². The maximum absolute atomic E-state index is 12.3. The molecule has 1 aromatic rings. The van der Waals surface area contributed by atoms with Crippen LogP contribution in [-0.2, 0) is 10.0 Å². The first kappa shape index (κ1) is 15.5. The van der Waals surface area contributed by atoms with Gasteiger partial charge in [-0.2, -0.15) is 0 Å². The van der Waals surface area contributed by atoms with Crippen molar-refractivity contribution in [1.82, 2.24) is 10.0 Å². The van der Waals surface area contributed by atoms with Crippen molar-refractivity contribution in [2.24, 2.45) is 0 Å². The number of nitrogens with one attached hydrogen (secondary N) is 2. The fourth-order valence-electron chi connectivity index (χ4n) is 2.45. The van der Waals surface area contributed by atoms with Crippen molar-refractivity contribution in [1.29, 1.82) is 0 Å². The lowest BCUT2D eigenvalue weighted by Crippen LogP contribution is -2.45. The second kappa shape index (κ2) is 6.70. The zero-order valence-electron chi connectivity index (χ0n) is 12.2. The van der Waals surface area contributed by atoms with Gasteiger partial charge in [0.1, 0.15) is 0 Å². The highest BCUT2D eigenvalue weighted by atomic mass is 32.2. The molecule has 4 nitrogen and oxygen atoms in total. The standard InChI is InChI=1S/C15H24N2O2S/c1-3-12(2)13-6-8-15(9-7-13)20(18,19)17-14-5-4-10-16-11-14/h6-9,12,14,16-17H,3-5,10-11H2,1-2H3/t12?,14-/m0/s1. The van der Waals surface area contributed by atoms with Crippen molar-refractivity contribution in [3.8, 4) is 0 Å². The van der Waals surface area contributed by atoms with Crippen LogP contribution in [0.1, 0.15) is 44.6 Å². The molecule has 5 heteroatoms. The molecule has 0 amide bonds. The Morgan fingerprint density at radius 3 is 2.60 bits per heavy atom. The van der Waals surface area contributed by atoms with Crippen LogP contribution in [-0.4, -0.2) is 27.5 Å². The summed E-state index contributed by atoms with van der Waals surface area (Å²) < 4.78 is 27.4. The molecule has 1 fully saturated rings. The molecule has 2 rings (SSSR count). The van der Waals surface area contributed by atoms with Crippen molar-refractivity contribution >= 4 is 10.0 Å². The molecular formula is C15H24N2O2S. The molecule has 1 aromatic carbocycles. The Kier molecular flexibility index (Phi) is 5.18. The molecule has 0 radical (unpaired) electrons. The highest BCUT2D eigenvalue weighted by molar-refractivity contribution is 7.89. The molecular weight excluding hydrogens is 272 g/mol. The van der Waals surface area contributed by atoms with E-state index in [0.717, 1.165) is 25.8 Å². The summed E-state index contributed by atoms with van der Waals surface area (Å²) in [5.41, 5.74) is 1.19. The molecule has 0 spiro atoms. The summed E-state index contributed by atoms with van der Waals surface area (Å²) in [7, 11) is -3.40. The van der Waals surface area contributed by atoms with Gasteiger partial charge >= 0.3 is 0 Å². The minimum Gasteiger partial charge on any atom is -0.315 e. The summed E-state index contributed by atoms with van der Waals surface area (Å²) in [6.45, 7) is 5.97. The van der Waals surface area contributed by atoms with E-state index in [9.17, 15) is 8.42 Å². The molecule has 0 aromatic heterocycles. The molecule has 20 heavy (non-hydrogen) atoms. The number of benzene rings is 1. The lowest BCUT2D eigenvalue weighted by molar-refractivity contribution is 0.428. The molecule has 0 bridgehead atoms. The van der Waals surface area contributed by atoms with Crippen molar-refractivity contribution in [3.05, 3.63) is 29.8 Å². The number of piperidine rings is 1. The van der Waals surface area contributed by atoms with Gasteiger partial charge in [-0.1, -0.05) is 26.0 Å². The van der Waals surface area contributed by atoms with Crippen molar-refractivity contribution in [2.75, 3.05) is 13.1 Å². The van der Waals surface area contributed by atoms with Gasteiger partial charge < -0.3 is 5.32 Å². The predicted octanol–water partition coefficient (Wildman–Crippen LogP) is 2.23. The molecule has 0 aliphatic carbocycles. The highest BCUT2D eigenvalue weighted by Gasteiger charge is 2.21. The molecule has 1 aliphatic rings. The quantitative estimate of drug-likeness (QED) is 0.876. The van der Waals surface area contributed by atoms with E-state index in [0.29, 0.717) is 17.4 Å². The van der Waals surface area contributed by atoms with Crippen LogP contribution in [0.15, 0.2) is 29.2 Å². The van der Waals surface area contributed by atoms with E-state index in [1.165, 1.54) is 5.56 Å². The van der Waals surface area contributed by atoms with Gasteiger partial charge in [-0.05, 0) is 49.4 Å². The van der Waals surface area contributed by atoms with Crippen LogP contribution in [0.3, 0.4) is 0 Å². The summed E-state index contributed by atoms with van der Waals surface area (Å²) in [6.07, 6.45) is 2.97. The average Bonchev–Trinajstić information content (AvgIpc) is 2.47. The summed E-state index contributed by atoms with van der Waals surface area (Å²) in [5.74, 6) is 0.460. The van der Waals surface area contributed by atoms with Crippen LogP contribution in [0.5, 0.6) is 0 Å². The Bertz CT molecular complexity index is 519. The van der Waals surface area contributed by atoms with Crippen molar-refractivity contribution < 1.29 is 8.42 Å².